The molecule has 0 aromatic rings. The molecule has 0 aliphatic rings. The van der Waals surface area contributed by atoms with E-state index in [9.17, 15) is 4.79 Å². The molecular weight excluding hydrogens is 168 g/mol. The van der Waals surface area contributed by atoms with Gasteiger partial charge < -0.3 is 5.11 Å². The molecule has 2 N–H and O–H groups in total. The second kappa shape index (κ2) is 5.96. The first-order valence-corrected chi connectivity index (χ1v) is 2.96. The maximum Gasteiger partial charge on any atom is 0.320 e. The maximum absolute atomic E-state index is 10.2. The second-order valence-corrected chi connectivity index (χ2v) is 2.08. The van der Waals surface area contributed by atoms with Gasteiger partial charge in [0.15, 0.2) is 0 Å². The summed E-state index contributed by atoms with van der Waals surface area (Å²) >= 11 is 0. The Hall–Kier alpha value is -0.790. The number of carbonyl (C=O) groups is 1. The van der Waals surface area contributed by atoms with Crippen molar-refractivity contribution in [2.45, 2.75) is 25.9 Å². The van der Waals surface area contributed by atoms with Gasteiger partial charge in [-0.05, 0) is 13.8 Å². The molecule has 0 aromatic heterocycles. The largest absolute Gasteiger partial charge is 0.480 e. The molecule has 5 heteroatoms. The van der Waals surface area contributed by atoms with Crippen LogP contribution in [0.15, 0.2) is 0 Å². The number of carboxylic acid groups (broad SMARTS) is 1. The average molecular weight is 179 g/mol. The van der Waals surface area contributed by atoms with Gasteiger partial charge in [0.1, 0.15) is 6.04 Å². The molecule has 0 aliphatic carbocycles. The van der Waals surface area contributed by atoms with Crippen molar-refractivity contribution >= 4 is 18.4 Å². The molecule has 0 spiro atoms. The van der Waals surface area contributed by atoms with Crippen LogP contribution in [0.1, 0.15) is 13.8 Å². The Morgan fingerprint density at radius 1 is 1.64 bits per heavy atom. The van der Waals surface area contributed by atoms with Crippen molar-refractivity contribution in [3.8, 4) is 6.07 Å². The minimum atomic E-state index is -0.942. The molecule has 0 radical (unpaired) electrons. The van der Waals surface area contributed by atoms with Crippen LogP contribution < -0.4 is 5.32 Å². The topological polar surface area (TPSA) is 73.1 Å². The molecule has 0 aromatic carbocycles. The van der Waals surface area contributed by atoms with Gasteiger partial charge in [0.25, 0.3) is 0 Å². The highest BCUT2D eigenvalue weighted by molar-refractivity contribution is 5.85. The summed E-state index contributed by atoms with van der Waals surface area (Å²) < 4.78 is 0. The van der Waals surface area contributed by atoms with E-state index in [-0.39, 0.29) is 12.4 Å². The molecule has 0 amide bonds. The third kappa shape index (κ3) is 5.64. The Kier molecular flexibility index (Phi) is 6.96. The molecule has 11 heavy (non-hydrogen) atoms. The van der Waals surface area contributed by atoms with Crippen molar-refractivity contribution in [2.75, 3.05) is 0 Å². The summed E-state index contributed by atoms with van der Waals surface area (Å²) in [5.74, 6) is -0.942. The molecule has 0 rings (SSSR count). The molecule has 0 saturated heterocycles. The summed E-state index contributed by atoms with van der Waals surface area (Å²) in [5, 5.41) is 19.2. The first-order valence-electron chi connectivity index (χ1n) is 2.96. The molecular formula is C6H11ClN2O2. The highest BCUT2D eigenvalue weighted by Gasteiger charge is 2.12. The van der Waals surface area contributed by atoms with Crippen LogP contribution in [0.2, 0.25) is 0 Å². The number of hydrogen-bond donors (Lipinski definition) is 2. The molecule has 0 saturated carbocycles. The number of carboxylic acids is 1. The van der Waals surface area contributed by atoms with E-state index in [1.165, 1.54) is 6.92 Å². The average Bonchev–Trinajstić information content (AvgIpc) is 1.87. The summed E-state index contributed by atoms with van der Waals surface area (Å²) in [5.41, 5.74) is 0. The van der Waals surface area contributed by atoms with Crippen molar-refractivity contribution in [3.63, 3.8) is 0 Å². The predicted octanol–water partition coefficient (Wildman–Crippen LogP) is 0.383. The van der Waals surface area contributed by atoms with Crippen LogP contribution in [0.4, 0.5) is 0 Å². The van der Waals surface area contributed by atoms with Gasteiger partial charge in [-0.1, -0.05) is 0 Å². The third-order valence-electron chi connectivity index (χ3n) is 1.06. The van der Waals surface area contributed by atoms with E-state index in [2.05, 4.69) is 5.32 Å². The number of nitrogens with one attached hydrogen (secondary N) is 1. The van der Waals surface area contributed by atoms with E-state index in [1.807, 2.05) is 6.07 Å². The Balaban J connectivity index is 0. The summed E-state index contributed by atoms with van der Waals surface area (Å²) in [7, 11) is 0. The van der Waals surface area contributed by atoms with Gasteiger partial charge >= 0.3 is 5.97 Å². The summed E-state index contributed by atoms with van der Waals surface area (Å²) in [6.07, 6.45) is 0. The van der Waals surface area contributed by atoms with Crippen molar-refractivity contribution in [3.05, 3.63) is 0 Å². The first-order chi connectivity index (χ1) is 4.57. The van der Waals surface area contributed by atoms with Gasteiger partial charge in [0.2, 0.25) is 0 Å². The fourth-order valence-corrected chi connectivity index (χ4v) is 0.484. The van der Waals surface area contributed by atoms with Crippen LogP contribution in [0.3, 0.4) is 0 Å². The van der Waals surface area contributed by atoms with Crippen LogP contribution in [0.25, 0.3) is 0 Å². The van der Waals surface area contributed by atoms with Crippen LogP contribution in [-0.2, 0) is 4.79 Å². The van der Waals surface area contributed by atoms with Crippen LogP contribution in [-0.4, -0.2) is 23.2 Å². The lowest BCUT2D eigenvalue weighted by Gasteiger charge is -2.09. The summed E-state index contributed by atoms with van der Waals surface area (Å²) in [4.78, 5) is 10.2. The number of nitrogens with zero attached hydrogens (tertiary/aromatic N) is 1. The highest BCUT2D eigenvalue weighted by Crippen LogP contribution is 1.84. The highest BCUT2D eigenvalue weighted by atomic mass is 35.5. The van der Waals surface area contributed by atoms with Crippen LogP contribution in [0.5, 0.6) is 0 Å². The van der Waals surface area contributed by atoms with Gasteiger partial charge in [0.05, 0.1) is 12.1 Å². The molecule has 0 fully saturated rings. The minimum absolute atomic E-state index is 0. The van der Waals surface area contributed by atoms with Gasteiger partial charge in [-0.15, -0.1) is 12.4 Å². The van der Waals surface area contributed by atoms with E-state index in [0.29, 0.717) is 0 Å². The molecule has 2 atom stereocenters. The van der Waals surface area contributed by atoms with Crippen molar-refractivity contribution in [1.29, 1.82) is 5.26 Å². The first kappa shape index (κ1) is 12.8. The zero-order chi connectivity index (χ0) is 8.15. The van der Waals surface area contributed by atoms with E-state index >= 15 is 0 Å². The maximum atomic E-state index is 10.2. The number of nitriles is 1. The van der Waals surface area contributed by atoms with Crippen LogP contribution >= 0.6 is 12.4 Å². The molecule has 0 aliphatic heterocycles. The van der Waals surface area contributed by atoms with E-state index in [1.54, 1.807) is 6.92 Å². The number of hydrogen-bond acceptors (Lipinski definition) is 3. The fraction of sp³-hybridized carbons (Fsp3) is 0.667. The number of rotatable bonds is 3. The van der Waals surface area contributed by atoms with Gasteiger partial charge in [0, 0.05) is 0 Å². The standard InChI is InChI=1S/C6H10N2O2.ClH/c1-4(3-7)8-5(2)6(9)10;/h4-5,8H,1-2H3,(H,9,10);1H/t4?,5-;/m0./s1. The number of aliphatic carboxylic acids is 1. The normalized spacial score (nSPS) is 13.9. The Morgan fingerprint density at radius 3 is 2.36 bits per heavy atom. The second-order valence-electron chi connectivity index (χ2n) is 2.08. The van der Waals surface area contributed by atoms with Gasteiger partial charge in [-0.2, -0.15) is 5.26 Å². The Labute approximate surface area is 71.6 Å². The molecule has 4 nitrogen and oxygen atoms in total. The minimum Gasteiger partial charge on any atom is -0.480 e. The molecule has 64 valence electrons. The van der Waals surface area contributed by atoms with E-state index < -0.39 is 18.1 Å². The molecule has 1 unspecified atom stereocenters. The number of halogens is 1. The van der Waals surface area contributed by atoms with Crippen LogP contribution in [0, 0.1) is 11.3 Å². The van der Waals surface area contributed by atoms with Crippen molar-refractivity contribution < 1.29 is 9.90 Å². The zero-order valence-corrected chi connectivity index (χ0v) is 7.18. The Bertz CT molecular complexity index is 166. The third-order valence-corrected chi connectivity index (χ3v) is 1.06. The van der Waals surface area contributed by atoms with Crippen molar-refractivity contribution in [1.82, 2.24) is 5.32 Å². The lowest BCUT2D eigenvalue weighted by molar-refractivity contribution is -0.139. The van der Waals surface area contributed by atoms with E-state index in [4.69, 9.17) is 10.4 Å². The smallest absolute Gasteiger partial charge is 0.320 e. The summed E-state index contributed by atoms with van der Waals surface area (Å²) in [6, 6.07) is 0.807. The fourth-order valence-electron chi connectivity index (χ4n) is 0.484. The van der Waals surface area contributed by atoms with Gasteiger partial charge in [-0.3, -0.25) is 10.1 Å². The van der Waals surface area contributed by atoms with E-state index in [0.717, 1.165) is 0 Å². The Morgan fingerprint density at radius 2 is 2.09 bits per heavy atom. The lowest BCUT2D eigenvalue weighted by Crippen LogP contribution is -2.38. The van der Waals surface area contributed by atoms with Crippen molar-refractivity contribution in [2.24, 2.45) is 0 Å². The molecule has 0 bridgehead atoms. The van der Waals surface area contributed by atoms with Gasteiger partial charge in [-0.25, -0.2) is 0 Å². The predicted molar refractivity (Wildman–Crippen MR) is 42.6 cm³/mol. The SMILES string of the molecule is CC(C#N)N[C@@H](C)C(=O)O.Cl. The molecule has 0 heterocycles. The summed E-state index contributed by atoms with van der Waals surface area (Å²) in [6.45, 7) is 3.11. The quantitative estimate of drug-likeness (QED) is 0.656. The lowest BCUT2D eigenvalue weighted by atomic mass is 10.3. The monoisotopic (exact) mass is 178 g/mol. The zero-order valence-electron chi connectivity index (χ0n) is 6.37.